The molecule has 1 aromatic rings. The van der Waals surface area contributed by atoms with Crippen molar-refractivity contribution in [2.75, 3.05) is 0 Å². The summed E-state index contributed by atoms with van der Waals surface area (Å²) in [5, 5.41) is 9.82. The first-order chi connectivity index (χ1) is 7.11. The molecule has 0 saturated carbocycles. The van der Waals surface area contributed by atoms with Gasteiger partial charge in [0.25, 0.3) is 0 Å². The van der Waals surface area contributed by atoms with Gasteiger partial charge in [-0.05, 0) is 11.5 Å². The van der Waals surface area contributed by atoms with Crippen LogP contribution in [0.15, 0.2) is 36.4 Å². The highest BCUT2D eigenvalue weighted by molar-refractivity contribution is 5.48. The van der Waals surface area contributed by atoms with E-state index in [2.05, 4.69) is 24.3 Å². The van der Waals surface area contributed by atoms with Gasteiger partial charge in [0.05, 0.1) is 6.10 Å². The first-order valence-electron chi connectivity index (χ1n) is 5.52. The highest BCUT2D eigenvalue weighted by Crippen LogP contribution is 2.15. The van der Waals surface area contributed by atoms with E-state index in [4.69, 9.17) is 0 Å². The second-order valence-corrected chi connectivity index (χ2v) is 4.36. The van der Waals surface area contributed by atoms with Gasteiger partial charge in [0.1, 0.15) is 0 Å². The molecule has 1 nitrogen and oxygen atoms in total. The van der Waals surface area contributed by atoms with Gasteiger partial charge in [0, 0.05) is 5.92 Å². The molecule has 0 aliphatic rings. The van der Waals surface area contributed by atoms with Gasteiger partial charge in [-0.25, -0.2) is 0 Å². The molecule has 1 rings (SSSR count). The summed E-state index contributed by atoms with van der Waals surface area (Å²) < 4.78 is 0. The van der Waals surface area contributed by atoms with E-state index in [1.54, 1.807) is 0 Å². The monoisotopic (exact) mass is 204 g/mol. The number of hydrogen-bond donors (Lipinski definition) is 1. The molecule has 0 amide bonds. The maximum absolute atomic E-state index is 9.82. The van der Waals surface area contributed by atoms with Crippen molar-refractivity contribution in [3.8, 4) is 0 Å². The van der Waals surface area contributed by atoms with Gasteiger partial charge in [-0.2, -0.15) is 0 Å². The summed E-state index contributed by atoms with van der Waals surface area (Å²) in [5.74, 6) is 0.505. The minimum absolute atomic E-state index is 0.199. The summed E-state index contributed by atoms with van der Waals surface area (Å²) >= 11 is 0. The van der Waals surface area contributed by atoms with Crippen molar-refractivity contribution in [1.82, 2.24) is 0 Å². The van der Waals surface area contributed by atoms with E-state index in [1.807, 2.05) is 39.0 Å². The summed E-state index contributed by atoms with van der Waals surface area (Å²) in [4.78, 5) is 0. The lowest BCUT2D eigenvalue weighted by Gasteiger charge is -2.18. The third-order valence-electron chi connectivity index (χ3n) is 2.61. The van der Waals surface area contributed by atoms with Crippen molar-refractivity contribution in [3.63, 3.8) is 0 Å². The highest BCUT2D eigenvalue weighted by Gasteiger charge is 2.14. The standard InChI is InChI=1S/C14H20O/c1-11(2)14(15)12(3)9-10-13-7-5-4-6-8-13/h4-12,14-15H,1-3H3/b10-9+/t12-,14-/m0/s1. The second kappa shape index (κ2) is 5.72. The molecular formula is C14H20O. The van der Waals surface area contributed by atoms with Gasteiger partial charge >= 0.3 is 0 Å². The Balaban J connectivity index is 2.58. The fourth-order valence-electron chi connectivity index (χ4n) is 1.55. The summed E-state index contributed by atoms with van der Waals surface area (Å²) in [7, 11) is 0. The average Bonchev–Trinajstić information content (AvgIpc) is 2.26. The van der Waals surface area contributed by atoms with Gasteiger partial charge in [-0.3, -0.25) is 0 Å². The first kappa shape index (κ1) is 12.0. The lowest BCUT2D eigenvalue weighted by Crippen LogP contribution is -2.21. The number of benzene rings is 1. The number of rotatable bonds is 4. The molecular weight excluding hydrogens is 184 g/mol. The molecule has 0 aliphatic carbocycles. The summed E-state index contributed by atoms with van der Waals surface area (Å²) in [6.07, 6.45) is 3.88. The topological polar surface area (TPSA) is 20.2 Å². The van der Waals surface area contributed by atoms with Crippen LogP contribution in [0.1, 0.15) is 26.3 Å². The van der Waals surface area contributed by atoms with Crippen molar-refractivity contribution in [3.05, 3.63) is 42.0 Å². The lowest BCUT2D eigenvalue weighted by atomic mass is 9.94. The largest absolute Gasteiger partial charge is 0.392 e. The third-order valence-corrected chi connectivity index (χ3v) is 2.61. The SMILES string of the molecule is CC(C)[C@H](O)[C@@H](C)/C=C/c1ccccc1. The zero-order valence-corrected chi connectivity index (χ0v) is 9.72. The molecule has 15 heavy (non-hydrogen) atoms. The Morgan fingerprint density at radius 2 is 1.67 bits per heavy atom. The quantitative estimate of drug-likeness (QED) is 0.797. The molecule has 0 bridgehead atoms. The van der Waals surface area contributed by atoms with Crippen LogP contribution in [0.5, 0.6) is 0 Å². The van der Waals surface area contributed by atoms with Gasteiger partial charge < -0.3 is 5.11 Å². The van der Waals surface area contributed by atoms with Gasteiger partial charge in [-0.1, -0.05) is 63.3 Å². The van der Waals surface area contributed by atoms with E-state index < -0.39 is 0 Å². The molecule has 1 heteroatoms. The van der Waals surface area contributed by atoms with E-state index in [9.17, 15) is 5.11 Å². The molecule has 0 saturated heterocycles. The molecule has 1 N–H and O–H groups in total. The second-order valence-electron chi connectivity index (χ2n) is 4.36. The first-order valence-corrected chi connectivity index (χ1v) is 5.52. The van der Waals surface area contributed by atoms with E-state index in [-0.39, 0.29) is 12.0 Å². The smallest absolute Gasteiger partial charge is 0.0623 e. The van der Waals surface area contributed by atoms with Crippen molar-refractivity contribution >= 4 is 6.08 Å². The van der Waals surface area contributed by atoms with E-state index in [1.165, 1.54) is 5.56 Å². The van der Waals surface area contributed by atoms with E-state index in [0.717, 1.165) is 0 Å². The fourth-order valence-corrected chi connectivity index (χ4v) is 1.55. The Labute approximate surface area is 92.5 Å². The number of aliphatic hydroxyl groups is 1. The number of hydrogen-bond acceptors (Lipinski definition) is 1. The molecule has 0 heterocycles. The molecule has 2 atom stereocenters. The minimum Gasteiger partial charge on any atom is -0.392 e. The fraction of sp³-hybridized carbons (Fsp3) is 0.429. The van der Waals surface area contributed by atoms with Crippen LogP contribution in [0, 0.1) is 11.8 Å². The van der Waals surface area contributed by atoms with E-state index >= 15 is 0 Å². The Bertz CT molecular complexity index is 300. The molecule has 1 aromatic carbocycles. The predicted octanol–water partition coefficient (Wildman–Crippen LogP) is 3.35. The molecule has 0 spiro atoms. The molecule has 0 aliphatic heterocycles. The zero-order chi connectivity index (χ0) is 11.3. The van der Waals surface area contributed by atoms with Gasteiger partial charge in [-0.15, -0.1) is 0 Å². The van der Waals surface area contributed by atoms with Crippen LogP contribution in [-0.2, 0) is 0 Å². The van der Waals surface area contributed by atoms with E-state index in [0.29, 0.717) is 5.92 Å². The molecule has 0 unspecified atom stereocenters. The summed E-state index contributed by atoms with van der Waals surface area (Å²) in [5.41, 5.74) is 1.18. The Morgan fingerprint density at radius 1 is 1.07 bits per heavy atom. The van der Waals surface area contributed by atoms with Crippen LogP contribution in [0.25, 0.3) is 6.08 Å². The maximum Gasteiger partial charge on any atom is 0.0623 e. The Kier molecular flexibility index (Phi) is 4.57. The van der Waals surface area contributed by atoms with Crippen molar-refractivity contribution in [2.45, 2.75) is 26.9 Å². The van der Waals surface area contributed by atoms with Crippen LogP contribution in [0.2, 0.25) is 0 Å². The maximum atomic E-state index is 9.82. The number of aliphatic hydroxyl groups excluding tert-OH is 1. The molecule has 0 radical (unpaired) electrons. The van der Waals surface area contributed by atoms with Gasteiger partial charge in [0.15, 0.2) is 0 Å². The van der Waals surface area contributed by atoms with Crippen molar-refractivity contribution in [1.29, 1.82) is 0 Å². The third kappa shape index (κ3) is 3.88. The average molecular weight is 204 g/mol. The summed E-state index contributed by atoms with van der Waals surface area (Å²) in [6.45, 7) is 6.12. The predicted molar refractivity (Wildman–Crippen MR) is 65.5 cm³/mol. The minimum atomic E-state index is -0.259. The van der Waals surface area contributed by atoms with Crippen molar-refractivity contribution < 1.29 is 5.11 Å². The summed E-state index contributed by atoms with van der Waals surface area (Å²) in [6, 6.07) is 10.2. The lowest BCUT2D eigenvalue weighted by molar-refractivity contribution is 0.0914. The van der Waals surface area contributed by atoms with Crippen molar-refractivity contribution in [2.24, 2.45) is 11.8 Å². The van der Waals surface area contributed by atoms with Gasteiger partial charge in [0.2, 0.25) is 0 Å². The Hall–Kier alpha value is -1.08. The van der Waals surface area contributed by atoms with Crippen LogP contribution >= 0.6 is 0 Å². The van der Waals surface area contributed by atoms with Crippen LogP contribution < -0.4 is 0 Å². The normalized spacial score (nSPS) is 15.8. The van der Waals surface area contributed by atoms with Crippen LogP contribution in [0.3, 0.4) is 0 Å². The molecule has 82 valence electrons. The van der Waals surface area contributed by atoms with Crippen LogP contribution in [0.4, 0.5) is 0 Å². The van der Waals surface area contributed by atoms with Crippen LogP contribution in [-0.4, -0.2) is 11.2 Å². The Morgan fingerprint density at radius 3 is 2.20 bits per heavy atom. The highest BCUT2D eigenvalue weighted by atomic mass is 16.3. The molecule has 0 aromatic heterocycles. The zero-order valence-electron chi connectivity index (χ0n) is 9.72. The molecule has 0 fully saturated rings.